The number of carbonyl (C=O) groups excluding carboxylic acids is 1. The second-order valence-corrected chi connectivity index (χ2v) is 4.33. The van der Waals surface area contributed by atoms with Crippen LogP contribution in [0.2, 0.25) is 0 Å². The number of likely N-dealkylation sites (N-methyl/N-ethyl adjacent to an activating group) is 1. The van der Waals surface area contributed by atoms with Crippen molar-refractivity contribution >= 4 is 18.3 Å². The molecule has 0 spiro atoms. The van der Waals surface area contributed by atoms with Crippen molar-refractivity contribution in [2.24, 2.45) is 0 Å². The van der Waals surface area contributed by atoms with Gasteiger partial charge in [-0.3, -0.25) is 4.79 Å². The Morgan fingerprint density at radius 3 is 2.63 bits per heavy atom. The number of amides is 1. The van der Waals surface area contributed by atoms with Crippen LogP contribution in [0.4, 0.5) is 4.39 Å². The predicted octanol–water partition coefficient (Wildman–Crippen LogP) is 2.47. The number of hydrogen-bond acceptors (Lipinski definition) is 2. The number of nitrogens with one attached hydrogen (secondary N) is 2. The third-order valence-corrected chi connectivity index (χ3v) is 2.80. The summed E-state index contributed by atoms with van der Waals surface area (Å²) >= 11 is 0. The summed E-state index contributed by atoms with van der Waals surface area (Å²) in [5, 5.41) is 5.94. The van der Waals surface area contributed by atoms with Crippen LogP contribution in [0.5, 0.6) is 0 Å². The maximum Gasteiger partial charge on any atom is 0.220 e. The van der Waals surface area contributed by atoms with E-state index in [2.05, 4.69) is 10.6 Å². The summed E-state index contributed by atoms with van der Waals surface area (Å²) in [6.07, 6.45) is 0.313. The minimum Gasteiger partial charge on any atom is -0.355 e. The second-order valence-electron chi connectivity index (χ2n) is 4.33. The molecule has 0 bridgehead atoms. The SMILES string of the molecule is CCNCCNC(=O)CC(C)c1ccccc1F.Cl. The van der Waals surface area contributed by atoms with Gasteiger partial charge in [0.2, 0.25) is 5.91 Å². The summed E-state index contributed by atoms with van der Waals surface area (Å²) in [4.78, 5) is 11.6. The van der Waals surface area contributed by atoms with E-state index in [1.165, 1.54) is 6.07 Å². The van der Waals surface area contributed by atoms with Crippen LogP contribution in [-0.2, 0) is 4.79 Å². The lowest BCUT2D eigenvalue weighted by Gasteiger charge is -2.12. The standard InChI is InChI=1S/C14H21FN2O.ClH/c1-3-16-8-9-17-14(18)10-11(2)12-6-4-5-7-13(12)15;/h4-7,11,16H,3,8-10H2,1-2H3,(H,17,18);1H. The maximum atomic E-state index is 13.5. The third kappa shape index (κ3) is 6.55. The van der Waals surface area contributed by atoms with Gasteiger partial charge in [0.1, 0.15) is 5.82 Å². The first-order valence-electron chi connectivity index (χ1n) is 6.37. The van der Waals surface area contributed by atoms with Crippen LogP contribution in [-0.4, -0.2) is 25.5 Å². The Bertz CT molecular complexity index is 387. The van der Waals surface area contributed by atoms with Crippen LogP contribution in [0.3, 0.4) is 0 Å². The molecule has 19 heavy (non-hydrogen) atoms. The lowest BCUT2D eigenvalue weighted by atomic mass is 9.97. The van der Waals surface area contributed by atoms with Gasteiger partial charge in [-0.25, -0.2) is 4.39 Å². The Kier molecular flexibility index (Phi) is 9.17. The van der Waals surface area contributed by atoms with Crippen LogP contribution in [0.1, 0.15) is 31.7 Å². The van der Waals surface area contributed by atoms with Crippen molar-refractivity contribution in [2.75, 3.05) is 19.6 Å². The fourth-order valence-electron chi connectivity index (χ4n) is 1.80. The molecule has 1 aromatic rings. The first kappa shape index (κ1) is 17.9. The smallest absolute Gasteiger partial charge is 0.220 e. The van der Waals surface area contributed by atoms with Crippen molar-refractivity contribution in [2.45, 2.75) is 26.2 Å². The van der Waals surface area contributed by atoms with Gasteiger partial charge in [-0.2, -0.15) is 0 Å². The van der Waals surface area contributed by atoms with E-state index < -0.39 is 0 Å². The van der Waals surface area contributed by atoms with Crippen molar-refractivity contribution in [3.63, 3.8) is 0 Å². The number of benzene rings is 1. The Labute approximate surface area is 120 Å². The van der Waals surface area contributed by atoms with E-state index in [-0.39, 0.29) is 30.0 Å². The summed E-state index contributed by atoms with van der Waals surface area (Å²) in [5.41, 5.74) is 0.597. The first-order valence-corrected chi connectivity index (χ1v) is 6.37. The summed E-state index contributed by atoms with van der Waals surface area (Å²) in [5.74, 6) is -0.389. The van der Waals surface area contributed by atoms with E-state index in [9.17, 15) is 9.18 Å². The van der Waals surface area contributed by atoms with Crippen LogP contribution < -0.4 is 10.6 Å². The average Bonchev–Trinajstić information content (AvgIpc) is 2.35. The molecule has 0 aliphatic heterocycles. The summed E-state index contributed by atoms with van der Waals surface area (Å²) in [6.45, 7) is 6.14. The quantitative estimate of drug-likeness (QED) is 0.757. The van der Waals surface area contributed by atoms with E-state index >= 15 is 0 Å². The van der Waals surface area contributed by atoms with Crippen molar-refractivity contribution in [3.05, 3.63) is 35.6 Å². The Balaban J connectivity index is 0.00000324. The van der Waals surface area contributed by atoms with Crippen LogP contribution >= 0.6 is 12.4 Å². The van der Waals surface area contributed by atoms with Crippen LogP contribution in [0.25, 0.3) is 0 Å². The molecule has 1 atom stereocenters. The number of hydrogen-bond donors (Lipinski definition) is 2. The predicted molar refractivity (Wildman–Crippen MR) is 78.2 cm³/mol. The second kappa shape index (κ2) is 9.75. The van der Waals surface area contributed by atoms with Gasteiger partial charge in [0.15, 0.2) is 0 Å². The highest BCUT2D eigenvalue weighted by atomic mass is 35.5. The van der Waals surface area contributed by atoms with Gasteiger partial charge in [-0.05, 0) is 24.1 Å². The van der Waals surface area contributed by atoms with Crippen molar-refractivity contribution in [1.29, 1.82) is 0 Å². The highest BCUT2D eigenvalue weighted by Gasteiger charge is 2.13. The fraction of sp³-hybridized carbons (Fsp3) is 0.500. The molecule has 0 saturated carbocycles. The van der Waals surface area contributed by atoms with Gasteiger partial charge in [0.05, 0.1) is 0 Å². The van der Waals surface area contributed by atoms with Gasteiger partial charge in [-0.1, -0.05) is 32.0 Å². The zero-order valence-electron chi connectivity index (χ0n) is 11.4. The molecule has 5 heteroatoms. The first-order chi connectivity index (χ1) is 8.65. The number of carbonyl (C=O) groups is 1. The Morgan fingerprint density at radius 1 is 1.32 bits per heavy atom. The highest BCUT2D eigenvalue weighted by molar-refractivity contribution is 5.85. The van der Waals surface area contributed by atoms with E-state index in [0.29, 0.717) is 18.5 Å². The minimum absolute atomic E-state index is 0. The van der Waals surface area contributed by atoms with E-state index in [4.69, 9.17) is 0 Å². The molecule has 108 valence electrons. The Hall–Kier alpha value is -1.13. The number of halogens is 2. The topological polar surface area (TPSA) is 41.1 Å². The molecule has 1 aromatic carbocycles. The van der Waals surface area contributed by atoms with Gasteiger partial charge in [0.25, 0.3) is 0 Å². The maximum absolute atomic E-state index is 13.5. The molecule has 0 aliphatic carbocycles. The van der Waals surface area contributed by atoms with Gasteiger partial charge in [0, 0.05) is 19.5 Å². The molecule has 1 unspecified atom stereocenters. The average molecular weight is 289 g/mol. The van der Waals surface area contributed by atoms with Crippen molar-refractivity contribution in [1.82, 2.24) is 10.6 Å². The monoisotopic (exact) mass is 288 g/mol. The van der Waals surface area contributed by atoms with E-state index in [0.717, 1.165) is 13.1 Å². The summed E-state index contributed by atoms with van der Waals surface area (Å²) in [7, 11) is 0. The van der Waals surface area contributed by atoms with E-state index in [1.54, 1.807) is 18.2 Å². The molecule has 0 saturated heterocycles. The van der Waals surface area contributed by atoms with Crippen molar-refractivity contribution < 1.29 is 9.18 Å². The van der Waals surface area contributed by atoms with Gasteiger partial charge >= 0.3 is 0 Å². The zero-order chi connectivity index (χ0) is 13.4. The third-order valence-electron chi connectivity index (χ3n) is 2.80. The molecular weight excluding hydrogens is 267 g/mol. The van der Waals surface area contributed by atoms with Crippen LogP contribution in [0, 0.1) is 5.82 Å². The van der Waals surface area contributed by atoms with Gasteiger partial charge in [-0.15, -0.1) is 12.4 Å². The van der Waals surface area contributed by atoms with Crippen LogP contribution in [0.15, 0.2) is 24.3 Å². The highest BCUT2D eigenvalue weighted by Crippen LogP contribution is 2.21. The summed E-state index contributed by atoms with van der Waals surface area (Å²) in [6, 6.07) is 6.60. The largest absolute Gasteiger partial charge is 0.355 e. The molecule has 0 aliphatic rings. The van der Waals surface area contributed by atoms with Crippen molar-refractivity contribution in [3.8, 4) is 0 Å². The van der Waals surface area contributed by atoms with Gasteiger partial charge < -0.3 is 10.6 Å². The molecule has 0 aromatic heterocycles. The Morgan fingerprint density at radius 2 is 2.00 bits per heavy atom. The normalized spacial score (nSPS) is 11.5. The number of rotatable bonds is 7. The molecule has 0 fully saturated rings. The molecule has 0 radical (unpaired) electrons. The zero-order valence-corrected chi connectivity index (χ0v) is 12.2. The summed E-state index contributed by atoms with van der Waals surface area (Å²) < 4.78 is 13.5. The lowest BCUT2D eigenvalue weighted by molar-refractivity contribution is -0.121. The lowest BCUT2D eigenvalue weighted by Crippen LogP contribution is -2.32. The van der Waals surface area contributed by atoms with E-state index in [1.807, 2.05) is 13.8 Å². The molecule has 3 nitrogen and oxygen atoms in total. The minimum atomic E-state index is -0.245. The fourth-order valence-corrected chi connectivity index (χ4v) is 1.80. The molecule has 1 amide bonds. The molecular formula is C14H22ClFN2O. The molecule has 2 N–H and O–H groups in total. The molecule has 0 heterocycles. The molecule has 1 rings (SSSR count).